The van der Waals surface area contributed by atoms with Crippen molar-refractivity contribution in [2.45, 2.75) is 20.3 Å². The number of amides is 1. The molecule has 0 aliphatic carbocycles. The van der Waals surface area contributed by atoms with Crippen LogP contribution in [0.2, 0.25) is 0 Å². The Kier molecular flexibility index (Phi) is 4.46. The third kappa shape index (κ3) is 4.28. The molecule has 0 radical (unpaired) electrons. The fraction of sp³-hybridized carbons (Fsp3) is 0.200. The van der Waals surface area contributed by atoms with E-state index in [1.54, 1.807) is 18.2 Å². The molecule has 1 amide bonds. The van der Waals surface area contributed by atoms with Crippen LogP contribution in [0, 0.1) is 25.2 Å². The van der Waals surface area contributed by atoms with Crippen molar-refractivity contribution in [1.29, 1.82) is 5.26 Å². The van der Waals surface area contributed by atoms with E-state index in [9.17, 15) is 4.79 Å². The number of hydrogen-bond acceptors (Lipinski definition) is 5. The summed E-state index contributed by atoms with van der Waals surface area (Å²) >= 11 is 0. The first-order chi connectivity index (χ1) is 10.1. The lowest BCUT2D eigenvalue weighted by atomic mass is 10.2. The van der Waals surface area contributed by atoms with Crippen LogP contribution >= 0.6 is 0 Å². The Morgan fingerprint density at radius 2 is 1.71 bits per heavy atom. The minimum Gasteiger partial charge on any atom is -0.325 e. The van der Waals surface area contributed by atoms with Gasteiger partial charge in [-0.1, -0.05) is 0 Å². The van der Waals surface area contributed by atoms with Crippen LogP contribution in [0.4, 0.5) is 17.3 Å². The summed E-state index contributed by atoms with van der Waals surface area (Å²) in [4.78, 5) is 19.9. The van der Waals surface area contributed by atoms with Gasteiger partial charge in [-0.3, -0.25) is 4.79 Å². The number of nitrogens with zero attached hydrogens (tertiary/aromatic N) is 3. The van der Waals surface area contributed by atoms with Crippen molar-refractivity contribution < 1.29 is 4.79 Å². The van der Waals surface area contributed by atoms with Crippen molar-refractivity contribution in [3.8, 4) is 6.07 Å². The third-order valence-electron chi connectivity index (χ3n) is 2.65. The molecule has 106 valence electrons. The summed E-state index contributed by atoms with van der Waals surface area (Å²) in [5.41, 5.74) is 3.25. The highest BCUT2D eigenvalue weighted by Gasteiger charge is 2.03. The first-order valence-electron chi connectivity index (χ1n) is 6.43. The van der Waals surface area contributed by atoms with E-state index >= 15 is 0 Å². The van der Waals surface area contributed by atoms with Crippen molar-refractivity contribution in [3.63, 3.8) is 0 Å². The van der Waals surface area contributed by atoms with Gasteiger partial charge in [0.2, 0.25) is 11.9 Å². The van der Waals surface area contributed by atoms with Gasteiger partial charge in [-0.05, 0) is 44.2 Å². The second-order valence-electron chi connectivity index (χ2n) is 4.56. The second kappa shape index (κ2) is 6.48. The number of anilines is 3. The number of hydrogen-bond donors (Lipinski definition) is 2. The summed E-state index contributed by atoms with van der Waals surface area (Å²) in [6.07, 6.45) is -0.156. The quantitative estimate of drug-likeness (QED) is 0.899. The van der Waals surface area contributed by atoms with Crippen molar-refractivity contribution in [3.05, 3.63) is 41.7 Å². The van der Waals surface area contributed by atoms with Crippen LogP contribution in [-0.4, -0.2) is 15.9 Å². The molecule has 2 aromatic rings. The molecule has 0 atom stereocenters. The Bertz CT molecular complexity index is 668. The Morgan fingerprint density at radius 3 is 2.29 bits per heavy atom. The van der Waals surface area contributed by atoms with Gasteiger partial charge in [-0.25, -0.2) is 9.97 Å². The SMILES string of the molecule is Cc1cc(C)nc(Nc2ccc(NC(=O)CC#N)cc2)n1. The molecule has 2 N–H and O–H groups in total. The zero-order valence-electron chi connectivity index (χ0n) is 11.8. The summed E-state index contributed by atoms with van der Waals surface area (Å²) in [6.45, 7) is 3.82. The Hall–Kier alpha value is -2.94. The second-order valence-corrected chi connectivity index (χ2v) is 4.56. The van der Waals surface area contributed by atoms with Gasteiger partial charge in [-0.15, -0.1) is 0 Å². The first kappa shape index (κ1) is 14.5. The Balaban J connectivity index is 2.05. The van der Waals surface area contributed by atoms with E-state index in [0.29, 0.717) is 11.6 Å². The van der Waals surface area contributed by atoms with E-state index in [2.05, 4.69) is 20.6 Å². The van der Waals surface area contributed by atoms with E-state index in [-0.39, 0.29) is 12.3 Å². The maximum Gasteiger partial charge on any atom is 0.238 e. The zero-order chi connectivity index (χ0) is 15.2. The van der Waals surface area contributed by atoms with Gasteiger partial charge in [0.1, 0.15) is 6.42 Å². The van der Waals surface area contributed by atoms with Gasteiger partial charge >= 0.3 is 0 Å². The first-order valence-corrected chi connectivity index (χ1v) is 6.43. The molecule has 0 aliphatic rings. The maximum absolute atomic E-state index is 11.3. The van der Waals surface area contributed by atoms with Crippen LogP contribution in [-0.2, 0) is 4.79 Å². The molecule has 21 heavy (non-hydrogen) atoms. The molecule has 1 aromatic carbocycles. The lowest BCUT2D eigenvalue weighted by molar-refractivity contribution is -0.115. The fourth-order valence-corrected chi connectivity index (χ4v) is 1.82. The highest BCUT2D eigenvalue weighted by molar-refractivity contribution is 5.92. The summed E-state index contributed by atoms with van der Waals surface area (Å²) in [6, 6.07) is 10.8. The third-order valence-corrected chi connectivity index (χ3v) is 2.65. The monoisotopic (exact) mass is 281 g/mol. The molecule has 1 heterocycles. The molecular formula is C15H15N5O. The number of aromatic nitrogens is 2. The molecule has 6 nitrogen and oxygen atoms in total. The predicted molar refractivity (Wildman–Crippen MR) is 80.1 cm³/mol. The molecule has 0 saturated heterocycles. The van der Waals surface area contributed by atoms with E-state index in [4.69, 9.17) is 5.26 Å². The number of aryl methyl sites for hydroxylation is 2. The van der Waals surface area contributed by atoms with Gasteiger partial charge in [0.25, 0.3) is 0 Å². The molecule has 0 bridgehead atoms. The van der Waals surface area contributed by atoms with Crippen LogP contribution in [0.15, 0.2) is 30.3 Å². The number of nitrogens with one attached hydrogen (secondary N) is 2. The summed E-state index contributed by atoms with van der Waals surface area (Å²) in [5.74, 6) is 0.213. The number of benzene rings is 1. The average Bonchev–Trinajstić information content (AvgIpc) is 2.40. The fourth-order valence-electron chi connectivity index (χ4n) is 1.82. The van der Waals surface area contributed by atoms with E-state index < -0.39 is 0 Å². The summed E-state index contributed by atoms with van der Waals surface area (Å²) in [5, 5.41) is 14.2. The highest BCUT2D eigenvalue weighted by Crippen LogP contribution is 2.17. The molecule has 0 spiro atoms. The lowest BCUT2D eigenvalue weighted by Gasteiger charge is -2.08. The van der Waals surface area contributed by atoms with E-state index in [0.717, 1.165) is 17.1 Å². The van der Waals surface area contributed by atoms with Crippen molar-refractivity contribution in [1.82, 2.24) is 9.97 Å². The number of carbonyl (C=O) groups excluding carboxylic acids is 1. The van der Waals surface area contributed by atoms with Gasteiger partial charge in [-0.2, -0.15) is 5.26 Å². The van der Waals surface area contributed by atoms with Crippen LogP contribution in [0.3, 0.4) is 0 Å². The molecule has 2 rings (SSSR count). The standard InChI is InChI=1S/C15H15N5O/c1-10-9-11(2)18-15(17-10)20-13-5-3-12(4-6-13)19-14(21)7-8-16/h3-6,9H,7H2,1-2H3,(H,19,21)(H,17,18,20). The lowest BCUT2D eigenvalue weighted by Crippen LogP contribution is -2.09. The maximum atomic E-state index is 11.3. The Morgan fingerprint density at radius 1 is 1.14 bits per heavy atom. The van der Waals surface area contributed by atoms with Crippen molar-refractivity contribution >= 4 is 23.2 Å². The van der Waals surface area contributed by atoms with E-state index in [1.165, 1.54) is 0 Å². The van der Waals surface area contributed by atoms with Gasteiger partial charge in [0.05, 0.1) is 6.07 Å². The minimum absolute atomic E-state index is 0.156. The molecule has 0 aliphatic heterocycles. The summed E-state index contributed by atoms with van der Waals surface area (Å²) < 4.78 is 0. The molecule has 0 fully saturated rings. The number of carbonyl (C=O) groups is 1. The van der Waals surface area contributed by atoms with Crippen molar-refractivity contribution in [2.75, 3.05) is 10.6 Å². The van der Waals surface area contributed by atoms with Crippen LogP contribution in [0.5, 0.6) is 0 Å². The molecule has 0 unspecified atom stereocenters. The van der Waals surface area contributed by atoms with Crippen LogP contribution in [0.25, 0.3) is 0 Å². The Labute approximate surface area is 122 Å². The van der Waals surface area contributed by atoms with E-state index in [1.807, 2.05) is 32.0 Å². The van der Waals surface area contributed by atoms with Crippen LogP contribution in [0.1, 0.15) is 17.8 Å². The van der Waals surface area contributed by atoms with Gasteiger partial charge in [0.15, 0.2) is 0 Å². The largest absolute Gasteiger partial charge is 0.325 e. The van der Waals surface area contributed by atoms with Gasteiger partial charge in [0, 0.05) is 22.8 Å². The average molecular weight is 281 g/mol. The number of nitriles is 1. The number of rotatable bonds is 4. The van der Waals surface area contributed by atoms with Crippen molar-refractivity contribution in [2.24, 2.45) is 0 Å². The molecule has 1 aromatic heterocycles. The van der Waals surface area contributed by atoms with Gasteiger partial charge < -0.3 is 10.6 Å². The topological polar surface area (TPSA) is 90.7 Å². The minimum atomic E-state index is -0.323. The predicted octanol–water partition coefficient (Wildman–Crippen LogP) is 2.69. The van der Waals surface area contributed by atoms with Crippen LogP contribution < -0.4 is 10.6 Å². The molecule has 0 saturated carbocycles. The smallest absolute Gasteiger partial charge is 0.238 e. The highest BCUT2D eigenvalue weighted by atomic mass is 16.1. The normalized spacial score (nSPS) is 9.76. The molecular weight excluding hydrogens is 266 g/mol. The zero-order valence-corrected chi connectivity index (χ0v) is 11.8. The summed E-state index contributed by atoms with van der Waals surface area (Å²) in [7, 11) is 0. The molecule has 6 heteroatoms.